The lowest BCUT2D eigenvalue weighted by Crippen LogP contribution is -2.22. The van der Waals surface area contributed by atoms with Crippen LogP contribution >= 0.6 is 0 Å². The molecular formula is C20H20FNO3. The smallest absolute Gasteiger partial charge is 0.214 e. The summed E-state index contributed by atoms with van der Waals surface area (Å²) < 4.78 is 29.9. The SMILES string of the molecule is COC(COc1cc(C)c2ccc(-c3ccccc3F)cc2n1)OC. The summed E-state index contributed by atoms with van der Waals surface area (Å²) in [6, 6.07) is 14.3. The minimum absolute atomic E-state index is 0.234. The maximum Gasteiger partial charge on any atom is 0.214 e. The van der Waals surface area contributed by atoms with Crippen LogP contribution < -0.4 is 4.74 Å². The van der Waals surface area contributed by atoms with E-state index in [0.717, 1.165) is 22.0 Å². The minimum Gasteiger partial charge on any atom is -0.472 e. The molecule has 0 bridgehead atoms. The number of fused-ring (bicyclic) bond motifs is 1. The molecule has 0 atom stereocenters. The lowest BCUT2D eigenvalue weighted by molar-refractivity contribution is -0.122. The number of ether oxygens (including phenoxy) is 3. The highest BCUT2D eigenvalue weighted by molar-refractivity contribution is 5.87. The van der Waals surface area contributed by atoms with Crippen LogP contribution in [-0.2, 0) is 9.47 Å². The molecule has 0 aliphatic rings. The monoisotopic (exact) mass is 341 g/mol. The van der Waals surface area contributed by atoms with E-state index < -0.39 is 6.29 Å². The fraction of sp³-hybridized carbons (Fsp3) is 0.250. The second-order valence-corrected chi connectivity index (χ2v) is 5.70. The number of rotatable bonds is 6. The van der Waals surface area contributed by atoms with Crippen molar-refractivity contribution in [3.8, 4) is 17.0 Å². The van der Waals surface area contributed by atoms with Gasteiger partial charge >= 0.3 is 0 Å². The molecule has 0 aliphatic heterocycles. The fourth-order valence-corrected chi connectivity index (χ4v) is 2.69. The van der Waals surface area contributed by atoms with Gasteiger partial charge in [-0.15, -0.1) is 0 Å². The molecule has 0 fully saturated rings. The number of halogens is 1. The van der Waals surface area contributed by atoms with Gasteiger partial charge in [0.2, 0.25) is 5.88 Å². The van der Waals surface area contributed by atoms with Gasteiger partial charge in [0.25, 0.3) is 0 Å². The van der Waals surface area contributed by atoms with E-state index in [9.17, 15) is 4.39 Å². The number of aromatic nitrogens is 1. The van der Waals surface area contributed by atoms with Gasteiger partial charge in [-0.05, 0) is 30.2 Å². The van der Waals surface area contributed by atoms with Crippen molar-refractivity contribution >= 4 is 10.9 Å². The molecule has 1 heterocycles. The normalized spacial score (nSPS) is 11.2. The maximum absolute atomic E-state index is 14.0. The first-order valence-electron chi connectivity index (χ1n) is 7.97. The lowest BCUT2D eigenvalue weighted by Gasteiger charge is -2.15. The quantitative estimate of drug-likeness (QED) is 0.625. The van der Waals surface area contributed by atoms with Crippen molar-refractivity contribution in [2.75, 3.05) is 20.8 Å². The Kier molecular flexibility index (Phi) is 5.26. The molecule has 0 aliphatic carbocycles. The van der Waals surface area contributed by atoms with Crippen molar-refractivity contribution < 1.29 is 18.6 Å². The van der Waals surface area contributed by atoms with Gasteiger partial charge in [0, 0.05) is 31.2 Å². The van der Waals surface area contributed by atoms with E-state index in [1.165, 1.54) is 6.07 Å². The summed E-state index contributed by atoms with van der Waals surface area (Å²) in [7, 11) is 3.11. The molecule has 2 aromatic carbocycles. The first kappa shape index (κ1) is 17.3. The summed E-state index contributed by atoms with van der Waals surface area (Å²) in [5.74, 6) is 0.226. The Bertz CT molecular complexity index is 878. The van der Waals surface area contributed by atoms with Crippen LogP contribution in [0.1, 0.15) is 5.56 Å². The molecule has 3 aromatic rings. The predicted octanol–water partition coefficient (Wildman–Crippen LogP) is 4.35. The third-order valence-corrected chi connectivity index (χ3v) is 4.07. The Morgan fingerprint density at radius 2 is 1.80 bits per heavy atom. The van der Waals surface area contributed by atoms with Gasteiger partial charge < -0.3 is 14.2 Å². The molecule has 130 valence electrons. The van der Waals surface area contributed by atoms with Gasteiger partial charge in [0.15, 0.2) is 6.29 Å². The van der Waals surface area contributed by atoms with Crippen molar-refractivity contribution in [2.45, 2.75) is 13.2 Å². The number of pyridine rings is 1. The third-order valence-electron chi connectivity index (χ3n) is 4.07. The van der Waals surface area contributed by atoms with E-state index >= 15 is 0 Å². The van der Waals surface area contributed by atoms with Crippen LogP contribution in [-0.4, -0.2) is 32.1 Å². The summed E-state index contributed by atoms with van der Waals surface area (Å²) in [5.41, 5.74) is 3.11. The van der Waals surface area contributed by atoms with Gasteiger partial charge in [-0.25, -0.2) is 9.37 Å². The summed E-state index contributed by atoms with van der Waals surface area (Å²) in [5, 5.41) is 1.00. The van der Waals surface area contributed by atoms with E-state index in [4.69, 9.17) is 14.2 Å². The summed E-state index contributed by atoms with van der Waals surface area (Å²) in [6.07, 6.45) is -0.456. The first-order valence-corrected chi connectivity index (χ1v) is 7.97. The van der Waals surface area contributed by atoms with Crippen LogP contribution in [0.2, 0.25) is 0 Å². The fourth-order valence-electron chi connectivity index (χ4n) is 2.69. The van der Waals surface area contributed by atoms with Crippen LogP contribution in [0.25, 0.3) is 22.0 Å². The molecule has 3 rings (SSSR count). The highest BCUT2D eigenvalue weighted by atomic mass is 19.1. The Hall–Kier alpha value is -2.50. The van der Waals surface area contributed by atoms with Gasteiger partial charge in [0.05, 0.1) is 5.52 Å². The highest BCUT2D eigenvalue weighted by Crippen LogP contribution is 2.28. The van der Waals surface area contributed by atoms with Gasteiger partial charge in [-0.1, -0.05) is 30.3 Å². The second kappa shape index (κ2) is 7.59. The Labute approximate surface area is 146 Å². The molecule has 1 aromatic heterocycles. The number of hydrogen-bond donors (Lipinski definition) is 0. The third kappa shape index (κ3) is 3.78. The van der Waals surface area contributed by atoms with Crippen LogP contribution in [0, 0.1) is 12.7 Å². The largest absolute Gasteiger partial charge is 0.472 e. The zero-order chi connectivity index (χ0) is 17.8. The van der Waals surface area contributed by atoms with Crippen molar-refractivity contribution in [3.63, 3.8) is 0 Å². The number of aryl methyl sites for hydroxylation is 1. The van der Waals surface area contributed by atoms with Gasteiger partial charge in [0.1, 0.15) is 12.4 Å². The van der Waals surface area contributed by atoms with E-state index in [1.807, 2.05) is 37.3 Å². The molecule has 0 saturated heterocycles. The van der Waals surface area contributed by atoms with Crippen molar-refractivity contribution in [2.24, 2.45) is 0 Å². The van der Waals surface area contributed by atoms with Crippen LogP contribution in [0.5, 0.6) is 5.88 Å². The summed E-state index contributed by atoms with van der Waals surface area (Å²) >= 11 is 0. The van der Waals surface area contributed by atoms with Gasteiger partial charge in [-0.3, -0.25) is 0 Å². The standard InChI is InChI=1S/C20H20FNO3/c1-13-10-19(25-12-20(23-2)24-3)22-18-11-14(8-9-15(13)18)16-6-4-5-7-17(16)21/h4-11,20H,12H2,1-3H3. The molecule has 4 nitrogen and oxygen atoms in total. The molecule has 0 radical (unpaired) electrons. The second-order valence-electron chi connectivity index (χ2n) is 5.70. The molecule has 0 spiro atoms. The van der Waals surface area contributed by atoms with Crippen molar-refractivity contribution in [3.05, 3.63) is 59.9 Å². The Balaban J connectivity index is 1.96. The molecule has 0 N–H and O–H groups in total. The lowest BCUT2D eigenvalue weighted by atomic mass is 10.0. The minimum atomic E-state index is -0.456. The van der Waals surface area contributed by atoms with E-state index in [1.54, 1.807) is 26.4 Å². The van der Waals surface area contributed by atoms with Crippen molar-refractivity contribution in [1.29, 1.82) is 0 Å². The average molecular weight is 341 g/mol. The summed E-state index contributed by atoms with van der Waals surface area (Å²) in [6.45, 7) is 2.22. The van der Waals surface area contributed by atoms with Crippen LogP contribution in [0.15, 0.2) is 48.5 Å². The topological polar surface area (TPSA) is 40.6 Å². The number of benzene rings is 2. The van der Waals surface area contributed by atoms with Crippen molar-refractivity contribution in [1.82, 2.24) is 4.98 Å². The molecule has 0 unspecified atom stereocenters. The van der Waals surface area contributed by atoms with Gasteiger partial charge in [-0.2, -0.15) is 0 Å². The molecular weight excluding hydrogens is 321 g/mol. The predicted molar refractivity (Wildman–Crippen MR) is 95.2 cm³/mol. The van der Waals surface area contributed by atoms with Crippen LogP contribution in [0.4, 0.5) is 4.39 Å². The molecule has 25 heavy (non-hydrogen) atoms. The number of methoxy groups -OCH3 is 2. The Morgan fingerprint density at radius 1 is 1.04 bits per heavy atom. The average Bonchev–Trinajstić information content (AvgIpc) is 2.62. The molecule has 5 heteroatoms. The highest BCUT2D eigenvalue weighted by Gasteiger charge is 2.10. The van der Waals surface area contributed by atoms with E-state index in [0.29, 0.717) is 11.4 Å². The number of hydrogen-bond acceptors (Lipinski definition) is 4. The summed E-state index contributed by atoms with van der Waals surface area (Å²) in [4.78, 5) is 4.54. The van der Waals surface area contributed by atoms with E-state index in [-0.39, 0.29) is 12.4 Å². The molecule has 0 amide bonds. The zero-order valence-electron chi connectivity index (χ0n) is 14.5. The zero-order valence-corrected chi connectivity index (χ0v) is 14.5. The van der Waals surface area contributed by atoms with Crippen LogP contribution in [0.3, 0.4) is 0 Å². The molecule has 0 saturated carbocycles. The Morgan fingerprint density at radius 3 is 2.52 bits per heavy atom. The van der Waals surface area contributed by atoms with E-state index in [2.05, 4.69) is 4.98 Å². The maximum atomic E-state index is 14.0. The number of nitrogens with zero attached hydrogens (tertiary/aromatic N) is 1. The first-order chi connectivity index (χ1) is 12.1.